The molecule has 0 radical (unpaired) electrons. The molecule has 9 heteroatoms. The number of carbonyl (C=O) groups is 2. The van der Waals surface area contributed by atoms with Gasteiger partial charge in [-0.2, -0.15) is 0 Å². The average molecular weight is 449 g/mol. The lowest BCUT2D eigenvalue weighted by molar-refractivity contribution is 0.102. The van der Waals surface area contributed by atoms with E-state index in [1.165, 1.54) is 18.2 Å². The number of pyridine rings is 1. The van der Waals surface area contributed by atoms with E-state index in [1.54, 1.807) is 24.4 Å². The van der Waals surface area contributed by atoms with Gasteiger partial charge in [0.15, 0.2) is 0 Å². The Kier molecular flexibility index (Phi) is 6.12. The number of amides is 2. The minimum Gasteiger partial charge on any atom is -0.358 e. The number of halogens is 2. The third-order valence-electron chi connectivity index (χ3n) is 5.16. The summed E-state index contributed by atoms with van der Waals surface area (Å²) in [6.07, 6.45) is 1.57. The third kappa shape index (κ3) is 4.87. The second kappa shape index (κ2) is 9.15. The number of hydrogen-bond donors (Lipinski definition) is 2. The number of carbonyl (C=O) groups excluding carboxylic acids is 2. The summed E-state index contributed by atoms with van der Waals surface area (Å²) in [5.41, 5.74) is 1.18. The molecular weight excluding hydrogens is 428 g/mol. The summed E-state index contributed by atoms with van der Waals surface area (Å²) in [5.74, 6) is -1.90. The van der Waals surface area contributed by atoms with Crippen LogP contribution in [0.1, 0.15) is 31.8 Å². The monoisotopic (exact) mass is 449 g/mol. The number of aromatic nitrogens is 1. The Bertz CT molecular complexity index is 1260. The molecule has 33 heavy (non-hydrogen) atoms. The lowest BCUT2D eigenvalue weighted by atomic mass is 10.1. The normalized spacial score (nSPS) is 13.0. The number of rotatable bonds is 5. The molecule has 3 aromatic rings. The Morgan fingerprint density at radius 2 is 1.76 bits per heavy atom. The fraction of sp³-hybridized carbons (Fsp3) is 0.167. The molecule has 1 aromatic heterocycles. The van der Waals surface area contributed by atoms with Crippen LogP contribution in [-0.2, 0) is 0 Å². The third-order valence-corrected chi connectivity index (χ3v) is 5.16. The molecule has 1 aliphatic rings. The second-order valence-corrected chi connectivity index (χ2v) is 7.64. The number of aryl methyl sites for hydroxylation is 1. The van der Waals surface area contributed by atoms with Crippen molar-refractivity contribution in [1.82, 2.24) is 9.88 Å². The molecule has 0 unspecified atom stereocenters. The van der Waals surface area contributed by atoms with Gasteiger partial charge in [-0.25, -0.2) is 13.8 Å². The van der Waals surface area contributed by atoms with E-state index in [1.807, 2.05) is 18.9 Å². The van der Waals surface area contributed by atoms with Gasteiger partial charge in [-0.1, -0.05) is 12.1 Å². The van der Waals surface area contributed by atoms with Crippen LogP contribution < -0.4 is 10.6 Å². The fourth-order valence-electron chi connectivity index (χ4n) is 3.41. The zero-order valence-electron chi connectivity index (χ0n) is 18.0. The highest BCUT2D eigenvalue weighted by Crippen LogP contribution is 2.21. The van der Waals surface area contributed by atoms with Crippen LogP contribution in [0.4, 0.5) is 20.3 Å². The summed E-state index contributed by atoms with van der Waals surface area (Å²) in [4.78, 5) is 35.8. The van der Waals surface area contributed by atoms with Crippen molar-refractivity contribution in [1.29, 1.82) is 0 Å². The van der Waals surface area contributed by atoms with Gasteiger partial charge in [-0.15, -0.1) is 0 Å². The predicted molar refractivity (Wildman–Crippen MR) is 122 cm³/mol. The van der Waals surface area contributed by atoms with Crippen LogP contribution in [0.5, 0.6) is 0 Å². The first-order valence-electron chi connectivity index (χ1n) is 10.2. The van der Waals surface area contributed by atoms with Crippen molar-refractivity contribution in [2.45, 2.75) is 6.92 Å². The predicted octanol–water partition coefficient (Wildman–Crippen LogP) is 3.86. The number of hydrogen-bond acceptors (Lipinski definition) is 5. The molecule has 0 fully saturated rings. The van der Waals surface area contributed by atoms with Gasteiger partial charge >= 0.3 is 0 Å². The maximum absolute atomic E-state index is 14.7. The molecule has 0 atom stereocenters. The highest BCUT2D eigenvalue weighted by atomic mass is 19.1. The van der Waals surface area contributed by atoms with Crippen molar-refractivity contribution in [2.75, 3.05) is 30.8 Å². The first kappa shape index (κ1) is 22.1. The van der Waals surface area contributed by atoms with Gasteiger partial charge < -0.3 is 15.5 Å². The number of nitrogens with zero attached hydrogens (tertiary/aromatic N) is 3. The minimum atomic E-state index is -0.769. The lowest BCUT2D eigenvalue weighted by Crippen LogP contribution is -2.24. The SMILES string of the molecule is Cc1ccc(NC(=O)c2cc(F)ccc2NC(=O)c2ccc(C3=NCCN3C)cc2F)nc1. The van der Waals surface area contributed by atoms with Crippen molar-refractivity contribution in [3.05, 3.63) is 88.6 Å². The number of amidine groups is 1. The quantitative estimate of drug-likeness (QED) is 0.619. The number of anilines is 2. The zero-order chi connectivity index (χ0) is 23.5. The number of likely N-dealkylation sites (N-methyl/N-ethyl adjacent to an activating group) is 1. The Labute approximate surface area is 189 Å². The first-order chi connectivity index (χ1) is 15.8. The second-order valence-electron chi connectivity index (χ2n) is 7.64. The summed E-state index contributed by atoms with van der Waals surface area (Å²) in [7, 11) is 1.86. The van der Waals surface area contributed by atoms with E-state index < -0.39 is 23.4 Å². The molecular formula is C24H21F2N5O2. The van der Waals surface area contributed by atoms with E-state index in [9.17, 15) is 18.4 Å². The largest absolute Gasteiger partial charge is 0.358 e. The van der Waals surface area contributed by atoms with E-state index in [4.69, 9.17) is 0 Å². The number of aliphatic imine (C=N–C) groups is 1. The van der Waals surface area contributed by atoms with Gasteiger partial charge in [0.1, 0.15) is 23.3 Å². The number of benzene rings is 2. The Morgan fingerprint density at radius 1 is 0.970 bits per heavy atom. The van der Waals surface area contributed by atoms with Gasteiger partial charge in [-0.3, -0.25) is 14.6 Å². The van der Waals surface area contributed by atoms with E-state index in [2.05, 4.69) is 20.6 Å². The van der Waals surface area contributed by atoms with Crippen LogP contribution in [0.15, 0.2) is 59.7 Å². The molecule has 2 amide bonds. The molecule has 0 bridgehead atoms. The van der Waals surface area contributed by atoms with E-state index in [0.717, 1.165) is 24.2 Å². The van der Waals surface area contributed by atoms with E-state index in [0.29, 0.717) is 17.9 Å². The van der Waals surface area contributed by atoms with Crippen molar-refractivity contribution in [3.8, 4) is 0 Å². The Balaban J connectivity index is 1.56. The molecule has 168 valence electrons. The zero-order valence-corrected chi connectivity index (χ0v) is 18.0. The van der Waals surface area contributed by atoms with E-state index in [-0.39, 0.29) is 22.6 Å². The van der Waals surface area contributed by atoms with Gasteiger partial charge in [-0.05, 0) is 48.9 Å². The molecule has 0 spiro atoms. The molecule has 0 saturated heterocycles. The lowest BCUT2D eigenvalue weighted by Gasteiger charge is -2.15. The van der Waals surface area contributed by atoms with Gasteiger partial charge in [0.25, 0.3) is 11.8 Å². The van der Waals surface area contributed by atoms with Gasteiger partial charge in [0.2, 0.25) is 0 Å². The Morgan fingerprint density at radius 3 is 2.42 bits per heavy atom. The van der Waals surface area contributed by atoms with Crippen molar-refractivity contribution in [3.63, 3.8) is 0 Å². The molecule has 2 aromatic carbocycles. The van der Waals surface area contributed by atoms with Gasteiger partial charge in [0.05, 0.1) is 23.4 Å². The Hall–Kier alpha value is -4.14. The van der Waals surface area contributed by atoms with Crippen LogP contribution in [0, 0.1) is 18.6 Å². The average Bonchev–Trinajstić information content (AvgIpc) is 3.22. The summed E-state index contributed by atoms with van der Waals surface area (Å²) < 4.78 is 28.6. The maximum Gasteiger partial charge on any atom is 0.259 e. The summed E-state index contributed by atoms with van der Waals surface area (Å²) in [6.45, 7) is 3.22. The fourth-order valence-corrected chi connectivity index (χ4v) is 3.41. The molecule has 7 nitrogen and oxygen atoms in total. The van der Waals surface area contributed by atoms with E-state index >= 15 is 0 Å². The van der Waals surface area contributed by atoms with Crippen LogP contribution in [0.3, 0.4) is 0 Å². The smallest absolute Gasteiger partial charge is 0.259 e. The van der Waals surface area contributed by atoms with Crippen LogP contribution in [0.2, 0.25) is 0 Å². The van der Waals surface area contributed by atoms with Crippen molar-refractivity contribution >= 4 is 29.2 Å². The molecule has 1 aliphatic heterocycles. The van der Waals surface area contributed by atoms with Crippen molar-refractivity contribution in [2.24, 2.45) is 4.99 Å². The molecule has 2 heterocycles. The summed E-state index contributed by atoms with van der Waals surface area (Å²) in [6, 6.07) is 10.9. The van der Waals surface area contributed by atoms with Crippen LogP contribution >= 0.6 is 0 Å². The summed E-state index contributed by atoms with van der Waals surface area (Å²) >= 11 is 0. The first-order valence-corrected chi connectivity index (χ1v) is 10.2. The van der Waals surface area contributed by atoms with Crippen molar-refractivity contribution < 1.29 is 18.4 Å². The molecule has 0 saturated carbocycles. The highest BCUT2D eigenvalue weighted by Gasteiger charge is 2.20. The molecule has 0 aliphatic carbocycles. The summed E-state index contributed by atoms with van der Waals surface area (Å²) in [5, 5.41) is 5.06. The maximum atomic E-state index is 14.7. The minimum absolute atomic E-state index is 0.0365. The number of nitrogens with one attached hydrogen (secondary N) is 2. The molecule has 2 N–H and O–H groups in total. The van der Waals surface area contributed by atoms with Gasteiger partial charge in [0, 0.05) is 25.4 Å². The highest BCUT2D eigenvalue weighted by molar-refractivity contribution is 6.12. The molecule has 4 rings (SSSR count). The van der Waals surface area contributed by atoms with Crippen LogP contribution in [-0.4, -0.2) is 47.7 Å². The van der Waals surface area contributed by atoms with Crippen LogP contribution in [0.25, 0.3) is 0 Å². The topological polar surface area (TPSA) is 86.7 Å². The standard InChI is InChI=1S/C24H21F2N5O2/c1-14-3-8-21(28-13-14)30-24(33)18-12-16(25)5-7-20(18)29-23(32)17-6-4-15(11-19(17)26)22-27-9-10-31(22)2/h3-8,11-13H,9-10H2,1-2H3,(H,29,32)(H,28,30,33).